The highest BCUT2D eigenvalue weighted by Gasteiger charge is 2.28. The number of fused-ring (bicyclic) bond motifs is 1. The van der Waals surface area contributed by atoms with Crippen LogP contribution in [0.4, 0.5) is 5.00 Å². The van der Waals surface area contributed by atoms with Crippen LogP contribution in [0.3, 0.4) is 0 Å². The van der Waals surface area contributed by atoms with Gasteiger partial charge in [0.1, 0.15) is 16.6 Å². The maximum atomic E-state index is 13.0. The minimum Gasteiger partial charge on any atom is -0.493 e. The number of thiophene rings is 1. The lowest BCUT2D eigenvalue weighted by Crippen LogP contribution is -2.16. The molecular formula is C24H26N2O6S. The summed E-state index contributed by atoms with van der Waals surface area (Å²) in [4.78, 5) is 26.7. The van der Waals surface area contributed by atoms with Crippen molar-refractivity contribution in [3.8, 4) is 23.3 Å². The highest BCUT2D eigenvalue weighted by atomic mass is 32.1. The Morgan fingerprint density at radius 3 is 2.36 bits per heavy atom. The fourth-order valence-corrected chi connectivity index (χ4v) is 5.02. The summed E-state index contributed by atoms with van der Waals surface area (Å²) >= 11 is 1.37. The lowest BCUT2D eigenvalue weighted by atomic mass is 9.95. The van der Waals surface area contributed by atoms with Crippen LogP contribution in [0.2, 0.25) is 0 Å². The molecule has 0 atom stereocenters. The smallest absolute Gasteiger partial charge is 0.341 e. The van der Waals surface area contributed by atoms with Crippen LogP contribution in [0.25, 0.3) is 6.08 Å². The zero-order valence-electron chi connectivity index (χ0n) is 19.1. The molecule has 1 amide bonds. The summed E-state index contributed by atoms with van der Waals surface area (Å²) in [7, 11) is 4.46. The molecule has 1 N–H and O–H groups in total. The molecule has 0 aliphatic heterocycles. The van der Waals surface area contributed by atoms with Gasteiger partial charge in [0.2, 0.25) is 5.75 Å². The lowest BCUT2D eigenvalue weighted by Gasteiger charge is -2.13. The third-order valence-electron chi connectivity index (χ3n) is 5.24. The molecule has 0 radical (unpaired) electrons. The fraction of sp³-hybridized carbons (Fsp3) is 0.375. The predicted octanol–water partition coefficient (Wildman–Crippen LogP) is 4.38. The molecule has 0 fully saturated rings. The molecule has 3 rings (SSSR count). The first-order valence-corrected chi connectivity index (χ1v) is 11.3. The zero-order valence-corrected chi connectivity index (χ0v) is 19.9. The van der Waals surface area contributed by atoms with E-state index in [0.717, 1.165) is 36.1 Å². The van der Waals surface area contributed by atoms with Crippen LogP contribution < -0.4 is 19.5 Å². The average molecular weight is 471 g/mol. The molecule has 1 aromatic carbocycles. The van der Waals surface area contributed by atoms with E-state index < -0.39 is 11.9 Å². The first kappa shape index (κ1) is 24.1. The van der Waals surface area contributed by atoms with Crippen LogP contribution >= 0.6 is 11.3 Å². The van der Waals surface area contributed by atoms with Gasteiger partial charge in [-0.25, -0.2) is 4.79 Å². The van der Waals surface area contributed by atoms with E-state index in [9.17, 15) is 14.9 Å². The van der Waals surface area contributed by atoms with Gasteiger partial charge in [0.05, 0.1) is 33.5 Å². The van der Waals surface area contributed by atoms with Crippen molar-refractivity contribution < 1.29 is 28.5 Å². The van der Waals surface area contributed by atoms with Gasteiger partial charge in [-0.15, -0.1) is 11.3 Å². The molecule has 0 saturated carbocycles. The summed E-state index contributed by atoms with van der Waals surface area (Å²) in [6.07, 6.45) is 5.07. The van der Waals surface area contributed by atoms with Crippen LogP contribution in [0.15, 0.2) is 17.7 Å². The summed E-state index contributed by atoms with van der Waals surface area (Å²) in [5, 5.41) is 12.8. The molecule has 0 unspecified atom stereocenters. The second-order valence-corrected chi connectivity index (χ2v) is 8.32. The number of carbonyl (C=O) groups excluding carboxylic acids is 2. The van der Waals surface area contributed by atoms with Gasteiger partial charge < -0.3 is 24.3 Å². The average Bonchev–Trinajstić information content (AvgIpc) is 3.19. The van der Waals surface area contributed by atoms with Crippen LogP contribution in [-0.2, 0) is 22.4 Å². The highest BCUT2D eigenvalue weighted by Crippen LogP contribution is 2.40. The molecule has 1 aliphatic carbocycles. The monoisotopic (exact) mass is 470 g/mol. The molecule has 8 nitrogen and oxygen atoms in total. The molecule has 174 valence electrons. The number of methoxy groups -OCH3 is 3. The Hall–Kier alpha value is -3.51. The highest BCUT2D eigenvalue weighted by molar-refractivity contribution is 7.17. The van der Waals surface area contributed by atoms with Gasteiger partial charge in [0, 0.05) is 4.88 Å². The maximum Gasteiger partial charge on any atom is 0.341 e. The van der Waals surface area contributed by atoms with Crippen molar-refractivity contribution in [1.82, 2.24) is 0 Å². The summed E-state index contributed by atoms with van der Waals surface area (Å²) in [6.45, 7) is 1.98. The largest absolute Gasteiger partial charge is 0.493 e. The Labute approximate surface area is 196 Å². The van der Waals surface area contributed by atoms with E-state index in [1.807, 2.05) is 6.07 Å². The van der Waals surface area contributed by atoms with Crippen molar-refractivity contribution in [3.05, 3.63) is 39.3 Å². The van der Waals surface area contributed by atoms with Gasteiger partial charge in [-0.1, -0.05) is 0 Å². The molecule has 1 aliphatic rings. The Morgan fingerprint density at radius 2 is 1.79 bits per heavy atom. The molecule has 33 heavy (non-hydrogen) atoms. The molecule has 0 bridgehead atoms. The number of carbonyl (C=O) groups is 2. The van der Waals surface area contributed by atoms with Gasteiger partial charge in [-0.2, -0.15) is 5.26 Å². The molecule has 0 saturated heterocycles. The second-order valence-electron chi connectivity index (χ2n) is 7.22. The number of hydrogen-bond donors (Lipinski definition) is 1. The number of benzene rings is 1. The van der Waals surface area contributed by atoms with E-state index in [2.05, 4.69) is 5.32 Å². The Bertz CT molecular complexity index is 1100. The number of rotatable bonds is 8. The number of anilines is 1. The van der Waals surface area contributed by atoms with Crippen molar-refractivity contribution in [2.45, 2.75) is 32.6 Å². The van der Waals surface area contributed by atoms with Crippen molar-refractivity contribution in [2.24, 2.45) is 0 Å². The molecule has 2 aromatic rings. The van der Waals surface area contributed by atoms with Crippen LogP contribution in [0.1, 0.15) is 46.1 Å². The Morgan fingerprint density at radius 1 is 1.12 bits per heavy atom. The lowest BCUT2D eigenvalue weighted by molar-refractivity contribution is -0.112. The van der Waals surface area contributed by atoms with Gasteiger partial charge in [-0.3, -0.25) is 4.79 Å². The van der Waals surface area contributed by atoms with E-state index in [1.165, 1.54) is 38.7 Å². The molecular weight excluding hydrogens is 444 g/mol. The molecule has 0 spiro atoms. The summed E-state index contributed by atoms with van der Waals surface area (Å²) in [6, 6.07) is 5.21. The normalized spacial score (nSPS) is 12.9. The number of nitriles is 1. The van der Waals surface area contributed by atoms with Crippen molar-refractivity contribution in [3.63, 3.8) is 0 Å². The number of amides is 1. The van der Waals surface area contributed by atoms with Gasteiger partial charge in [-0.05, 0) is 61.9 Å². The van der Waals surface area contributed by atoms with Gasteiger partial charge in [0.15, 0.2) is 11.5 Å². The van der Waals surface area contributed by atoms with E-state index in [4.69, 9.17) is 18.9 Å². The summed E-state index contributed by atoms with van der Waals surface area (Å²) in [5.74, 6) is 0.130. The second kappa shape index (κ2) is 10.9. The topological polar surface area (TPSA) is 107 Å². The number of nitrogens with zero attached hydrogens (tertiary/aromatic N) is 1. The first-order chi connectivity index (χ1) is 16.0. The Balaban J connectivity index is 1.96. The maximum absolute atomic E-state index is 13.0. The van der Waals surface area contributed by atoms with Crippen LogP contribution in [0.5, 0.6) is 17.2 Å². The summed E-state index contributed by atoms with van der Waals surface area (Å²) in [5.41, 5.74) is 1.72. The van der Waals surface area contributed by atoms with Gasteiger partial charge >= 0.3 is 5.97 Å². The molecule has 1 heterocycles. The number of aryl methyl sites for hydroxylation is 1. The SMILES string of the molecule is CCOC(=O)c1c(NC(=O)C(C#N)=Cc2cc(OC)c(OC)c(OC)c2)sc2c1CCCC2. The standard InChI is InChI=1S/C24H26N2O6S/c1-5-32-24(28)20-16-8-6-7-9-19(16)33-23(20)26-22(27)15(13-25)10-14-11-17(29-2)21(31-4)18(12-14)30-3/h10-12H,5-9H2,1-4H3,(H,26,27). The van der Waals surface area contributed by atoms with E-state index in [1.54, 1.807) is 19.1 Å². The van der Waals surface area contributed by atoms with Crippen molar-refractivity contribution >= 4 is 34.3 Å². The molecule has 9 heteroatoms. The fourth-order valence-electron chi connectivity index (χ4n) is 3.74. The van der Waals surface area contributed by atoms with E-state index in [-0.39, 0.29) is 12.2 Å². The Kier molecular flexibility index (Phi) is 7.96. The zero-order chi connectivity index (χ0) is 24.0. The number of esters is 1. The van der Waals surface area contributed by atoms with Gasteiger partial charge in [0.25, 0.3) is 5.91 Å². The predicted molar refractivity (Wildman–Crippen MR) is 125 cm³/mol. The third kappa shape index (κ3) is 5.12. The number of ether oxygens (including phenoxy) is 4. The molecule has 1 aromatic heterocycles. The van der Waals surface area contributed by atoms with E-state index >= 15 is 0 Å². The minimum atomic E-state index is -0.615. The van der Waals surface area contributed by atoms with Crippen molar-refractivity contribution in [2.75, 3.05) is 33.3 Å². The number of hydrogen-bond acceptors (Lipinski definition) is 8. The summed E-state index contributed by atoms with van der Waals surface area (Å²) < 4.78 is 21.2. The van der Waals surface area contributed by atoms with Crippen molar-refractivity contribution in [1.29, 1.82) is 5.26 Å². The van der Waals surface area contributed by atoms with Crippen LogP contribution in [0, 0.1) is 11.3 Å². The minimum absolute atomic E-state index is 0.134. The first-order valence-electron chi connectivity index (χ1n) is 10.5. The van der Waals surface area contributed by atoms with Crippen LogP contribution in [-0.4, -0.2) is 39.8 Å². The quantitative estimate of drug-likeness (QED) is 0.347. The number of nitrogens with one attached hydrogen (secondary N) is 1. The van der Waals surface area contributed by atoms with E-state index in [0.29, 0.717) is 33.4 Å². The third-order valence-corrected chi connectivity index (χ3v) is 6.45.